The average Bonchev–Trinajstić information content (AvgIpc) is 3.39. The molecular formula is C52H70F3N5O13. The van der Waals surface area contributed by atoms with E-state index in [0.717, 1.165) is 42.9 Å². The van der Waals surface area contributed by atoms with Gasteiger partial charge in [0.1, 0.15) is 5.69 Å². The molecule has 0 atom stereocenters. The summed E-state index contributed by atoms with van der Waals surface area (Å²) in [5.41, 5.74) is 2.67. The number of carboxylic acids is 1. The third-order valence-electron chi connectivity index (χ3n) is 10.6. The lowest BCUT2D eigenvalue weighted by atomic mass is 10.1. The Morgan fingerprint density at radius 3 is 1.66 bits per heavy atom. The van der Waals surface area contributed by atoms with Crippen molar-refractivity contribution in [2.45, 2.75) is 45.8 Å². The molecule has 0 aliphatic heterocycles. The number of aliphatic carboxylic acids is 1. The lowest BCUT2D eigenvalue weighted by Gasteiger charge is -2.22. The molecule has 0 radical (unpaired) electrons. The first-order chi connectivity index (χ1) is 35.5. The highest BCUT2D eigenvalue weighted by atomic mass is 19.4. The maximum Gasteiger partial charge on any atom is 0.416 e. The quantitative estimate of drug-likeness (QED) is 0.0394. The standard InChI is InChI=1S/C52H70F3N5O13/c1-3-60(4-2)44-13-14-46(45(38-44)49-56-17-15-47(58-49)51(64)57-39-41-9-6-12-43(37-41)52(53,54)55)59-50(63)42-11-5-8-40(36-42)10-7-18-65-20-22-67-24-26-69-28-30-71-32-34-73-35-33-72-31-29-70-27-25-68-23-21-66-19-16-48(61)62/h5-6,8-9,11-15,17,36-38H,3-4,7,10,16,18-35,39H2,1-2H3,(H,57,64)(H,59,63)(H,61,62). The number of carbonyl (C=O) groups excluding carboxylic acids is 2. The molecule has 3 aromatic carbocycles. The lowest BCUT2D eigenvalue weighted by Crippen LogP contribution is -2.24. The van der Waals surface area contributed by atoms with Crippen LogP contribution < -0.4 is 15.5 Å². The van der Waals surface area contributed by atoms with Crippen molar-refractivity contribution < 1.29 is 75.3 Å². The Hall–Kier alpha value is -5.62. The maximum absolute atomic E-state index is 13.7. The van der Waals surface area contributed by atoms with Gasteiger partial charge in [0.15, 0.2) is 5.82 Å². The van der Waals surface area contributed by atoms with Gasteiger partial charge in [-0.1, -0.05) is 24.3 Å². The van der Waals surface area contributed by atoms with Crippen LogP contribution in [0.15, 0.2) is 79.0 Å². The van der Waals surface area contributed by atoms with Crippen LogP contribution >= 0.6 is 0 Å². The summed E-state index contributed by atoms with van der Waals surface area (Å²) in [4.78, 5) is 48.4. The third kappa shape index (κ3) is 24.8. The van der Waals surface area contributed by atoms with Crippen molar-refractivity contribution in [3.63, 3.8) is 0 Å². The Kier molecular flexibility index (Phi) is 29.2. The molecule has 0 aliphatic rings. The van der Waals surface area contributed by atoms with E-state index in [-0.39, 0.29) is 42.6 Å². The van der Waals surface area contributed by atoms with E-state index in [1.165, 1.54) is 24.4 Å². The molecular weight excluding hydrogens is 960 g/mol. The summed E-state index contributed by atoms with van der Waals surface area (Å²) in [6.07, 6.45) is -1.69. The molecule has 4 aromatic rings. The number of anilines is 2. The van der Waals surface area contributed by atoms with Crippen LogP contribution in [0.4, 0.5) is 24.5 Å². The van der Waals surface area contributed by atoms with Crippen LogP contribution in [0.2, 0.25) is 0 Å². The number of aromatic nitrogens is 2. The van der Waals surface area contributed by atoms with Crippen LogP contribution in [0, 0.1) is 0 Å². The Balaban J connectivity index is 1.05. The van der Waals surface area contributed by atoms with Gasteiger partial charge in [-0.2, -0.15) is 13.2 Å². The van der Waals surface area contributed by atoms with Crippen LogP contribution in [-0.2, 0) is 66.6 Å². The Morgan fingerprint density at radius 1 is 0.603 bits per heavy atom. The number of rotatable bonds is 40. The molecule has 402 valence electrons. The zero-order chi connectivity index (χ0) is 52.4. The highest BCUT2D eigenvalue weighted by molar-refractivity contribution is 6.06. The predicted molar refractivity (Wildman–Crippen MR) is 266 cm³/mol. The van der Waals surface area contributed by atoms with Gasteiger partial charge in [-0.3, -0.25) is 14.4 Å². The first kappa shape index (κ1) is 59.9. The first-order valence-corrected chi connectivity index (χ1v) is 24.5. The van der Waals surface area contributed by atoms with Crippen LogP contribution in [0.1, 0.15) is 64.2 Å². The summed E-state index contributed by atoms with van der Waals surface area (Å²) in [7, 11) is 0. The Morgan fingerprint density at radius 2 is 1.12 bits per heavy atom. The molecule has 73 heavy (non-hydrogen) atoms. The molecule has 0 fully saturated rings. The minimum Gasteiger partial charge on any atom is -0.481 e. The molecule has 18 nitrogen and oxygen atoms in total. The summed E-state index contributed by atoms with van der Waals surface area (Å²) in [5.74, 6) is -1.65. The van der Waals surface area contributed by atoms with E-state index in [1.54, 1.807) is 12.1 Å². The fourth-order valence-corrected chi connectivity index (χ4v) is 6.82. The molecule has 1 aromatic heterocycles. The number of nitrogens with zero attached hydrogens (tertiary/aromatic N) is 3. The molecule has 0 aliphatic carbocycles. The minimum atomic E-state index is -4.51. The van der Waals surface area contributed by atoms with E-state index in [0.29, 0.717) is 136 Å². The summed E-state index contributed by atoms with van der Waals surface area (Å²) in [6.45, 7) is 12.9. The van der Waals surface area contributed by atoms with Crippen molar-refractivity contribution in [2.75, 3.05) is 142 Å². The van der Waals surface area contributed by atoms with E-state index in [2.05, 4.69) is 25.5 Å². The molecule has 0 saturated carbocycles. The number of halogens is 3. The Bertz CT molecular complexity index is 2200. The van der Waals surface area contributed by atoms with Crippen molar-refractivity contribution in [3.8, 4) is 11.4 Å². The number of hydrogen-bond acceptors (Lipinski definition) is 15. The lowest BCUT2D eigenvalue weighted by molar-refractivity contribution is -0.139. The van der Waals surface area contributed by atoms with Gasteiger partial charge in [0, 0.05) is 49.3 Å². The van der Waals surface area contributed by atoms with Crippen LogP contribution in [0.25, 0.3) is 11.4 Å². The van der Waals surface area contributed by atoms with Gasteiger partial charge >= 0.3 is 12.1 Å². The van der Waals surface area contributed by atoms with Gasteiger partial charge < -0.3 is 63.3 Å². The number of amides is 2. The first-order valence-electron chi connectivity index (χ1n) is 24.5. The molecule has 1 heterocycles. The van der Waals surface area contributed by atoms with Gasteiger partial charge in [-0.25, -0.2) is 9.97 Å². The topological polar surface area (TPSA) is 208 Å². The molecule has 0 bridgehead atoms. The molecule has 0 saturated heterocycles. The summed E-state index contributed by atoms with van der Waals surface area (Å²) >= 11 is 0. The number of ether oxygens (including phenoxy) is 9. The monoisotopic (exact) mass is 1030 g/mol. The average molecular weight is 1030 g/mol. The molecule has 3 N–H and O–H groups in total. The SMILES string of the molecule is CCN(CC)c1ccc(NC(=O)c2cccc(CCCOCCOCCOCCOCCOCCOCCOCCOCCOCCC(=O)O)c2)c(-c2nccc(C(=O)NCc3cccc(C(F)(F)F)c3)n2)c1. The number of alkyl halides is 3. The second-order valence-electron chi connectivity index (χ2n) is 16.0. The summed E-state index contributed by atoms with van der Waals surface area (Å²) in [5, 5.41) is 14.2. The zero-order valence-electron chi connectivity index (χ0n) is 41.8. The van der Waals surface area contributed by atoms with E-state index in [9.17, 15) is 27.6 Å². The van der Waals surface area contributed by atoms with E-state index in [4.69, 9.17) is 47.7 Å². The van der Waals surface area contributed by atoms with E-state index >= 15 is 0 Å². The number of aryl methyl sites for hydroxylation is 1. The van der Waals surface area contributed by atoms with Gasteiger partial charge in [0.25, 0.3) is 11.8 Å². The minimum absolute atomic E-state index is 0.00631. The second-order valence-corrected chi connectivity index (χ2v) is 16.0. The summed E-state index contributed by atoms with van der Waals surface area (Å²) < 4.78 is 89.0. The number of nitrogens with one attached hydrogen (secondary N) is 2. The number of benzene rings is 3. The molecule has 4 rings (SSSR count). The third-order valence-corrected chi connectivity index (χ3v) is 10.6. The molecule has 0 spiro atoms. The normalized spacial score (nSPS) is 11.5. The van der Waals surface area contributed by atoms with Crippen molar-refractivity contribution in [1.29, 1.82) is 0 Å². The fourth-order valence-electron chi connectivity index (χ4n) is 6.82. The Labute approximate surface area is 425 Å². The second kappa shape index (κ2) is 35.5. The van der Waals surface area contributed by atoms with Crippen LogP contribution in [-0.4, -0.2) is 165 Å². The van der Waals surface area contributed by atoms with Crippen molar-refractivity contribution in [2.24, 2.45) is 0 Å². The van der Waals surface area contributed by atoms with Crippen molar-refractivity contribution in [3.05, 3.63) is 107 Å². The largest absolute Gasteiger partial charge is 0.481 e. The predicted octanol–water partition coefficient (Wildman–Crippen LogP) is 6.75. The van der Waals surface area contributed by atoms with Gasteiger partial charge in [-0.15, -0.1) is 0 Å². The zero-order valence-corrected chi connectivity index (χ0v) is 41.8. The molecule has 0 unspecified atom stereocenters. The van der Waals surface area contributed by atoms with Crippen LogP contribution in [0.3, 0.4) is 0 Å². The van der Waals surface area contributed by atoms with Gasteiger partial charge in [0.05, 0.1) is 130 Å². The number of carbonyl (C=O) groups is 3. The highest BCUT2D eigenvalue weighted by Crippen LogP contribution is 2.32. The molecule has 21 heteroatoms. The number of carboxylic acid groups (broad SMARTS) is 1. The number of hydrogen-bond donors (Lipinski definition) is 3. The van der Waals surface area contributed by atoms with E-state index in [1.807, 2.05) is 44.2 Å². The van der Waals surface area contributed by atoms with E-state index < -0.39 is 23.6 Å². The fraction of sp³-hybridized carbons (Fsp3) is 0.519. The van der Waals surface area contributed by atoms with Gasteiger partial charge in [0.2, 0.25) is 0 Å². The highest BCUT2D eigenvalue weighted by Gasteiger charge is 2.30. The maximum atomic E-state index is 13.7. The van der Waals surface area contributed by atoms with Gasteiger partial charge in [-0.05, 0) is 86.3 Å². The smallest absolute Gasteiger partial charge is 0.416 e. The van der Waals surface area contributed by atoms with Crippen molar-refractivity contribution >= 4 is 29.2 Å². The molecule has 2 amide bonds. The summed E-state index contributed by atoms with van der Waals surface area (Å²) in [6, 6.07) is 19.0. The van der Waals surface area contributed by atoms with Crippen molar-refractivity contribution in [1.82, 2.24) is 15.3 Å². The van der Waals surface area contributed by atoms with Crippen LogP contribution in [0.5, 0.6) is 0 Å².